The van der Waals surface area contributed by atoms with Gasteiger partial charge in [-0.25, -0.2) is 8.42 Å². The number of nitrogens with zero attached hydrogens (tertiary/aromatic N) is 5. The number of sulfonamides is 1. The Labute approximate surface area is 155 Å². The molecule has 8 nitrogen and oxygen atoms in total. The van der Waals surface area contributed by atoms with Crippen LogP contribution < -0.4 is 0 Å². The van der Waals surface area contributed by atoms with Crippen LogP contribution in [-0.4, -0.2) is 45.7 Å². The second kappa shape index (κ2) is 6.60. The highest BCUT2D eigenvalue weighted by Crippen LogP contribution is 2.27. The Morgan fingerprint density at radius 1 is 1.27 bits per heavy atom. The molecule has 0 N–H and O–H groups in total. The molecule has 4 rings (SSSR count). The summed E-state index contributed by atoms with van der Waals surface area (Å²) in [5, 5.41) is 10.3. The van der Waals surface area contributed by atoms with Gasteiger partial charge < -0.3 is 4.52 Å². The maximum atomic E-state index is 12.9. The van der Waals surface area contributed by atoms with Crippen molar-refractivity contribution in [2.24, 2.45) is 0 Å². The fourth-order valence-electron chi connectivity index (χ4n) is 3.22. The summed E-state index contributed by atoms with van der Waals surface area (Å²) in [6, 6.07) is 3.83. The van der Waals surface area contributed by atoms with Gasteiger partial charge in [-0.05, 0) is 38.1 Å². The van der Waals surface area contributed by atoms with Gasteiger partial charge in [-0.2, -0.15) is 14.4 Å². The SMILES string of the molecule is Cc1nn(Cc2noc(-c3cccs3)n2)c(C)c1S(=O)(=O)N1CCCC1. The van der Waals surface area contributed by atoms with Crippen LogP contribution in [0.4, 0.5) is 0 Å². The number of rotatable bonds is 5. The highest BCUT2D eigenvalue weighted by atomic mass is 32.2. The Morgan fingerprint density at radius 3 is 2.73 bits per heavy atom. The molecule has 0 aliphatic carbocycles. The molecule has 0 bridgehead atoms. The molecule has 26 heavy (non-hydrogen) atoms. The minimum absolute atomic E-state index is 0.261. The second-order valence-electron chi connectivity index (χ2n) is 6.26. The van der Waals surface area contributed by atoms with Gasteiger partial charge in [0.25, 0.3) is 5.89 Å². The van der Waals surface area contributed by atoms with E-state index in [1.54, 1.807) is 18.5 Å². The molecule has 0 unspecified atom stereocenters. The zero-order valence-electron chi connectivity index (χ0n) is 14.5. The molecular weight excluding hydrogens is 374 g/mol. The lowest BCUT2D eigenvalue weighted by Crippen LogP contribution is -2.28. The summed E-state index contributed by atoms with van der Waals surface area (Å²) in [6.07, 6.45) is 1.81. The average Bonchev–Trinajstić information content (AvgIpc) is 3.35. The molecule has 0 saturated carbocycles. The van der Waals surface area contributed by atoms with Crippen LogP contribution in [0.25, 0.3) is 10.8 Å². The molecule has 138 valence electrons. The molecule has 3 aromatic rings. The molecule has 10 heteroatoms. The molecule has 4 heterocycles. The third-order valence-corrected chi connectivity index (χ3v) is 7.48. The lowest BCUT2D eigenvalue weighted by Gasteiger charge is -2.15. The van der Waals surface area contributed by atoms with Crippen LogP contribution in [0.3, 0.4) is 0 Å². The fraction of sp³-hybridized carbons (Fsp3) is 0.438. The molecule has 0 amide bonds. The molecule has 0 atom stereocenters. The number of thiophene rings is 1. The van der Waals surface area contributed by atoms with Gasteiger partial charge >= 0.3 is 0 Å². The Hall–Kier alpha value is -2.04. The van der Waals surface area contributed by atoms with E-state index in [-0.39, 0.29) is 6.54 Å². The van der Waals surface area contributed by atoms with E-state index >= 15 is 0 Å². The lowest BCUT2D eigenvalue weighted by atomic mass is 10.4. The predicted molar refractivity (Wildman–Crippen MR) is 96.4 cm³/mol. The highest BCUT2D eigenvalue weighted by Gasteiger charge is 2.32. The minimum Gasteiger partial charge on any atom is -0.333 e. The van der Waals surface area contributed by atoms with Crippen molar-refractivity contribution < 1.29 is 12.9 Å². The largest absolute Gasteiger partial charge is 0.333 e. The standard InChI is InChI=1S/C16H19N5O3S2/c1-11-15(26(22,23)20-7-3-4-8-20)12(2)21(18-11)10-14-17-16(24-19-14)13-6-5-9-25-13/h5-6,9H,3-4,7-8,10H2,1-2H3. The zero-order chi connectivity index (χ0) is 18.3. The van der Waals surface area contributed by atoms with Crippen molar-refractivity contribution >= 4 is 21.4 Å². The first-order chi connectivity index (χ1) is 12.5. The molecule has 0 spiro atoms. The smallest absolute Gasteiger partial charge is 0.268 e. The average molecular weight is 393 g/mol. The maximum absolute atomic E-state index is 12.9. The fourth-order valence-corrected chi connectivity index (χ4v) is 5.75. The van der Waals surface area contributed by atoms with Crippen molar-refractivity contribution in [1.82, 2.24) is 24.2 Å². The van der Waals surface area contributed by atoms with Gasteiger partial charge in [-0.15, -0.1) is 11.3 Å². The van der Waals surface area contributed by atoms with E-state index in [1.807, 2.05) is 17.5 Å². The maximum Gasteiger partial charge on any atom is 0.268 e. The van der Waals surface area contributed by atoms with Crippen LogP contribution in [0.15, 0.2) is 26.9 Å². The Morgan fingerprint density at radius 2 is 2.04 bits per heavy atom. The van der Waals surface area contributed by atoms with Crippen molar-refractivity contribution in [2.45, 2.75) is 38.1 Å². The van der Waals surface area contributed by atoms with E-state index in [2.05, 4.69) is 15.2 Å². The minimum atomic E-state index is -3.51. The summed E-state index contributed by atoms with van der Waals surface area (Å²) in [7, 11) is -3.51. The first kappa shape index (κ1) is 17.4. The van der Waals surface area contributed by atoms with Gasteiger partial charge in [0.2, 0.25) is 10.0 Å². The monoisotopic (exact) mass is 393 g/mol. The molecule has 1 aliphatic rings. The summed E-state index contributed by atoms with van der Waals surface area (Å²) >= 11 is 1.52. The predicted octanol–water partition coefficient (Wildman–Crippen LogP) is 2.44. The van der Waals surface area contributed by atoms with Gasteiger partial charge in [0, 0.05) is 13.1 Å². The van der Waals surface area contributed by atoms with Crippen molar-refractivity contribution in [3.8, 4) is 10.8 Å². The molecule has 1 fully saturated rings. The first-order valence-electron chi connectivity index (χ1n) is 8.37. The van der Waals surface area contributed by atoms with Gasteiger partial charge in [-0.3, -0.25) is 4.68 Å². The number of hydrogen-bond donors (Lipinski definition) is 0. The van der Waals surface area contributed by atoms with E-state index in [0.717, 1.165) is 17.7 Å². The van der Waals surface area contributed by atoms with E-state index in [9.17, 15) is 8.42 Å². The van der Waals surface area contributed by atoms with Gasteiger partial charge in [0.1, 0.15) is 11.4 Å². The summed E-state index contributed by atoms with van der Waals surface area (Å²) in [5.41, 5.74) is 1.09. The highest BCUT2D eigenvalue weighted by molar-refractivity contribution is 7.89. The van der Waals surface area contributed by atoms with E-state index < -0.39 is 10.0 Å². The van der Waals surface area contributed by atoms with Crippen LogP contribution in [0.5, 0.6) is 0 Å². The van der Waals surface area contributed by atoms with Crippen molar-refractivity contribution in [1.29, 1.82) is 0 Å². The van der Waals surface area contributed by atoms with E-state index in [0.29, 0.717) is 41.1 Å². The number of aryl methyl sites for hydroxylation is 1. The van der Waals surface area contributed by atoms with Gasteiger partial charge in [-0.1, -0.05) is 11.2 Å². The van der Waals surface area contributed by atoms with Crippen LogP contribution in [0.2, 0.25) is 0 Å². The Balaban J connectivity index is 1.63. The van der Waals surface area contributed by atoms with Crippen LogP contribution in [0.1, 0.15) is 30.1 Å². The Bertz CT molecular complexity index is 1010. The van der Waals surface area contributed by atoms with E-state index in [1.165, 1.54) is 15.6 Å². The summed E-state index contributed by atoms with van der Waals surface area (Å²) in [4.78, 5) is 5.57. The quantitative estimate of drug-likeness (QED) is 0.661. The van der Waals surface area contributed by atoms with Crippen molar-refractivity contribution in [3.05, 3.63) is 34.7 Å². The molecule has 1 saturated heterocycles. The molecule has 0 aromatic carbocycles. The van der Waals surface area contributed by atoms with Crippen molar-refractivity contribution in [2.75, 3.05) is 13.1 Å². The topological polar surface area (TPSA) is 94.1 Å². The number of aromatic nitrogens is 4. The lowest BCUT2D eigenvalue weighted by molar-refractivity contribution is 0.419. The third kappa shape index (κ3) is 2.97. The molecular formula is C16H19N5O3S2. The Kier molecular flexibility index (Phi) is 4.41. The van der Waals surface area contributed by atoms with Crippen LogP contribution >= 0.6 is 11.3 Å². The van der Waals surface area contributed by atoms with Crippen LogP contribution in [-0.2, 0) is 16.6 Å². The molecule has 3 aromatic heterocycles. The molecule has 1 aliphatic heterocycles. The van der Waals surface area contributed by atoms with Gasteiger partial charge in [0.05, 0.1) is 16.3 Å². The summed E-state index contributed by atoms with van der Waals surface area (Å²) < 4.78 is 34.3. The first-order valence-corrected chi connectivity index (χ1v) is 10.7. The van der Waals surface area contributed by atoms with Crippen molar-refractivity contribution in [3.63, 3.8) is 0 Å². The summed E-state index contributed by atoms with van der Waals surface area (Å²) in [5.74, 6) is 0.922. The zero-order valence-corrected chi connectivity index (χ0v) is 16.2. The molecule has 0 radical (unpaired) electrons. The second-order valence-corrected chi connectivity index (χ2v) is 9.08. The van der Waals surface area contributed by atoms with E-state index in [4.69, 9.17) is 4.52 Å². The normalized spacial score (nSPS) is 15.8. The van der Waals surface area contributed by atoms with Crippen LogP contribution in [0, 0.1) is 13.8 Å². The summed E-state index contributed by atoms with van der Waals surface area (Å²) in [6.45, 7) is 4.89. The van der Waals surface area contributed by atoms with Gasteiger partial charge in [0.15, 0.2) is 5.82 Å². The number of hydrogen-bond acceptors (Lipinski definition) is 7. The third-order valence-electron chi connectivity index (χ3n) is 4.47.